The maximum Gasteiger partial charge on any atom is 0.0503 e. The van der Waals surface area contributed by atoms with E-state index in [1.165, 1.54) is 6.42 Å². The maximum atomic E-state index is 5.68. The highest BCUT2D eigenvalue weighted by Crippen LogP contribution is 2.19. The van der Waals surface area contributed by atoms with E-state index in [1.54, 1.807) is 7.11 Å². The highest BCUT2D eigenvalue weighted by atomic mass is 16.5. The van der Waals surface area contributed by atoms with Crippen LogP contribution in [0.15, 0.2) is 0 Å². The summed E-state index contributed by atoms with van der Waals surface area (Å²) in [5.41, 5.74) is 0. The van der Waals surface area contributed by atoms with Crippen LogP contribution in [0.2, 0.25) is 0 Å². The van der Waals surface area contributed by atoms with Gasteiger partial charge in [-0.2, -0.15) is 0 Å². The molecule has 0 aromatic heterocycles. The van der Waals surface area contributed by atoms with Gasteiger partial charge in [0.2, 0.25) is 0 Å². The fourth-order valence-electron chi connectivity index (χ4n) is 1.53. The van der Waals surface area contributed by atoms with Crippen molar-refractivity contribution in [1.29, 1.82) is 0 Å². The second-order valence-electron chi connectivity index (χ2n) is 3.10. The predicted molar refractivity (Wildman–Crippen MR) is 40.3 cm³/mol. The van der Waals surface area contributed by atoms with Gasteiger partial charge in [0.05, 0.1) is 6.61 Å². The monoisotopic (exact) mass is 144 g/mol. The van der Waals surface area contributed by atoms with Crippen LogP contribution in [0.25, 0.3) is 0 Å². The first kappa shape index (κ1) is 7.98. The molecule has 2 atom stereocenters. The van der Waals surface area contributed by atoms with Gasteiger partial charge in [0, 0.05) is 19.7 Å². The smallest absolute Gasteiger partial charge is 0.0503 e. The third-order valence-corrected chi connectivity index (χ3v) is 2.11. The average Bonchev–Trinajstić information content (AvgIpc) is 2.14. The number of nitrogens with zero attached hydrogens (tertiary/aromatic N) is 1. The van der Waals surface area contributed by atoms with Crippen LogP contribution < -0.4 is 5.84 Å². The first-order valence-electron chi connectivity index (χ1n) is 3.74. The summed E-state index contributed by atoms with van der Waals surface area (Å²) in [5, 5.41) is 1.89. The second kappa shape index (κ2) is 3.32. The molecule has 1 aliphatic rings. The minimum atomic E-state index is 0.528. The topological polar surface area (TPSA) is 38.5 Å². The number of nitrogens with two attached hydrogens (primary N) is 1. The average molecular weight is 144 g/mol. The maximum absolute atomic E-state index is 5.68. The summed E-state index contributed by atoms with van der Waals surface area (Å²) in [6, 6.07) is 0.528. The molecule has 0 amide bonds. The lowest BCUT2D eigenvalue weighted by molar-refractivity contribution is 0.153. The molecule has 1 aliphatic heterocycles. The Kier molecular flexibility index (Phi) is 2.65. The van der Waals surface area contributed by atoms with Crippen molar-refractivity contribution in [3.8, 4) is 0 Å². The van der Waals surface area contributed by atoms with Crippen molar-refractivity contribution in [2.24, 2.45) is 11.8 Å². The van der Waals surface area contributed by atoms with Crippen molar-refractivity contribution in [2.45, 2.75) is 19.4 Å². The lowest BCUT2D eigenvalue weighted by atomic mass is 10.1. The fourth-order valence-corrected chi connectivity index (χ4v) is 1.53. The van der Waals surface area contributed by atoms with Crippen LogP contribution in [0.5, 0.6) is 0 Å². The fraction of sp³-hybridized carbons (Fsp3) is 1.00. The van der Waals surface area contributed by atoms with Crippen molar-refractivity contribution < 1.29 is 4.74 Å². The van der Waals surface area contributed by atoms with Gasteiger partial charge in [-0.1, -0.05) is 0 Å². The molecular weight excluding hydrogens is 128 g/mol. The molecule has 3 nitrogen and oxygen atoms in total. The standard InChI is InChI=1S/C7H16N2O/c1-6-3-7(5-10-2)4-9(6)8/h6-7H,3-5,8H2,1-2H3/t6-,7?/m1/s1. The van der Waals surface area contributed by atoms with E-state index in [0.29, 0.717) is 12.0 Å². The molecule has 0 aromatic rings. The molecule has 1 rings (SSSR count). The van der Waals surface area contributed by atoms with Gasteiger partial charge in [-0.15, -0.1) is 0 Å². The highest BCUT2D eigenvalue weighted by Gasteiger charge is 2.26. The van der Waals surface area contributed by atoms with Gasteiger partial charge in [-0.25, -0.2) is 5.01 Å². The van der Waals surface area contributed by atoms with Crippen LogP contribution in [0, 0.1) is 5.92 Å². The molecule has 60 valence electrons. The van der Waals surface area contributed by atoms with Crippen LogP contribution in [0.1, 0.15) is 13.3 Å². The molecule has 1 unspecified atom stereocenters. The number of hydrogen-bond acceptors (Lipinski definition) is 3. The van der Waals surface area contributed by atoms with E-state index in [1.807, 2.05) is 5.01 Å². The molecule has 0 saturated carbocycles. The summed E-state index contributed by atoms with van der Waals surface area (Å²) >= 11 is 0. The van der Waals surface area contributed by atoms with E-state index in [2.05, 4.69) is 6.92 Å². The van der Waals surface area contributed by atoms with E-state index in [9.17, 15) is 0 Å². The molecule has 0 aromatic carbocycles. The minimum Gasteiger partial charge on any atom is -0.384 e. The van der Waals surface area contributed by atoms with E-state index >= 15 is 0 Å². The second-order valence-corrected chi connectivity index (χ2v) is 3.10. The Hall–Kier alpha value is -0.120. The SMILES string of the molecule is COCC1C[C@@H](C)N(N)C1. The Morgan fingerprint density at radius 3 is 2.80 bits per heavy atom. The molecule has 2 N–H and O–H groups in total. The summed E-state index contributed by atoms with van der Waals surface area (Å²) in [5.74, 6) is 6.32. The van der Waals surface area contributed by atoms with Crippen molar-refractivity contribution in [3.05, 3.63) is 0 Å². The summed E-state index contributed by atoms with van der Waals surface area (Å²) in [7, 11) is 1.74. The molecular formula is C7H16N2O. The molecule has 0 spiro atoms. The molecule has 1 heterocycles. The summed E-state index contributed by atoms with van der Waals surface area (Å²) in [6.07, 6.45) is 1.17. The lowest BCUT2D eigenvalue weighted by Crippen LogP contribution is -2.34. The zero-order valence-corrected chi connectivity index (χ0v) is 6.71. The van der Waals surface area contributed by atoms with Gasteiger partial charge < -0.3 is 4.74 Å². The largest absolute Gasteiger partial charge is 0.384 e. The van der Waals surface area contributed by atoms with Crippen molar-refractivity contribution in [2.75, 3.05) is 20.3 Å². The van der Waals surface area contributed by atoms with Gasteiger partial charge in [0.15, 0.2) is 0 Å². The quantitative estimate of drug-likeness (QED) is 0.563. The Bertz CT molecular complexity index is 97.8. The van der Waals surface area contributed by atoms with Crippen molar-refractivity contribution in [1.82, 2.24) is 5.01 Å². The van der Waals surface area contributed by atoms with E-state index in [0.717, 1.165) is 13.2 Å². The van der Waals surface area contributed by atoms with Gasteiger partial charge >= 0.3 is 0 Å². The summed E-state index contributed by atoms with van der Waals surface area (Å²) in [4.78, 5) is 0. The summed E-state index contributed by atoms with van der Waals surface area (Å²) < 4.78 is 5.04. The lowest BCUT2D eigenvalue weighted by Gasteiger charge is -2.12. The Morgan fingerprint density at radius 1 is 1.70 bits per heavy atom. The Labute approximate surface area is 62.1 Å². The minimum absolute atomic E-state index is 0.528. The van der Waals surface area contributed by atoms with E-state index in [-0.39, 0.29) is 0 Å². The molecule has 10 heavy (non-hydrogen) atoms. The van der Waals surface area contributed by atoms with Gasteiger partial charge in [0.1, 0.15) is 0 Å². The number of ether oxygens (including phenoxy) is 1. The van der Waals surface area contributed by atoms with Gasteiger partial charge in [-0.3, -0.25) is 5.84 Å². The number of hydrogen-bond donors (Lipinski definition) is 1. The highest BCUT2D eigenvalue weighted by molar-refractivity contribution is 4.78. The van der Waals surface area contributed by atoms with Crippen LogP contribution in [-0.2, 0) is 4.74 Å². The molecule has 0 bridgehead atoms. The van der Waals surface area contributed by atoms with Crippen LogP contribution in [0.4, 0.5) is 0 Å². The van der Waals surface area contributed by atoms with Gasteiger partial charge in [-0.05, 0) is 19.3 Å². The predicted octanol–water partition coefficient (Wildman–Crippen LogP) is 0.217. The third kappa shape index (κ3) is 1.68. The first-order chi connectivity index (χ1) is 4.74. The number of hydrazine groups is 1. The number of methoxy groups -OCH3 is 1. The van der Waals surface area contributed by atoms with Crippen molar-refractivity contribution in [3.63, 3.8) is 0 Å². The van der Waals surface area contributed by atoms with Crippen molar-refractivity contribution >= 4 is 0 Å². The summed E-state index contributed by atoms with van der Waals surface area (Å²) in [6.45, 7) is 3.97. The first-order valence-corrected chi connectivity index (χ1v) is 3.74. The normalized spacial score (nSPS) is 35.1. The molecule has 1 fully saturated rings. The molecule has 0 radical (unpaired) electrons. The number of rotatable bonds is 2. The van der Waals surface area contributed by atoms with Gasteiger partial charge in [0.25, 0.3) is 0 Å². The molecule has 3 heteroatoms. The zero-order valence-electron chi connectivity index (χ0n) is 6.71. The van der Waals surface area contributed by atoms with Crippen LogP contribution in [0.3, 0.4) is 0 Å². The van der Waals surface area contributed by atoms with Crippen LogP contribution in [-0.4, -0.2) is 31.3 Å². The Morgan fingerprint density at radius 2 is 2.40 bits per heavy atom. The van der Waals surface area contributed by atoms with E-state index < -0.39 is 0 Å². The zero-order chi connectivity index (χ0) is 7.56. The molecule has 0 aliphatic carbocycles. The molecule has 1 saturated heterocycles. The third-order valence-electron chi connectivity index (χ3n) is 2.11. The van der Waals surface area contributed by atoms with E-state index in [4.69, 9.17) is 10.6 Å². The van der Waals surface area contributed by atoms with Crippen LogP contribution >= 0.6 is 0 Å². The Balaban J connectivity index is 2.27.